The Labute approximate surface area is 294 Å². The van der Waals surface area contributed by atoms with E-state index in [2.05, 4.69) is 52.2 Å². The first-order valence-electron chi connectivity index (χ1n) is 16.8. The number of H-pyrrole nitrogens is 2. The molecule has 6 aromatic heterocycles. The predicted octanol–water partition coefficient (Wildman–Crippen LogP) is 6.28. The third-order valence-electron chi connectivity index (χ3n) is 9.63. The number of nitrogens with zero attached hydrogens (tertiary/aromatic N) is 10. The first kappa shape index (κ1) is 35.3. The van der Waals surface area contributed by atoms with Crippen molar-refractivity contribution in [2.75, 3.05) is 0 Å². The van der Waals surface area contributed by atoms with Gasteiger partial charge in [-0.2, -0.15) is 29.1 Å². The van der Waals surface area contributed by atoms with Gasteiger partial charge in [-0.1, -0.05) is 25.7 Å². The molecule has 0 bridgehead atoms. The van der Waals surface area contributed by atoms with Crippen LogP contribution in [0.5, 0.6) is 0 Å². The van der Waals surface area contributed by atoms with Crippen LogP contribution in [0.1, 0.15) is 76.3 Å². The van der Waals surface area contributed by atoms with Gasteiger partial charge < -0.3 is 9.97 Å². The van der Waals surface area contributed by atoms with Gasteiger partial charge in [-0.05, 0) is 49.7 Å². The Balaban J connectivity index is 0.000000156. The Hall–Kier alpha value is -5.49. The topological polar surface area (TPSA) is 241 Å². The number of nitriles is 2. The molecule has 6 heterocycles. The highest BCUT2D eigenvalue weighted by Crippen LogP contribution is 2.38. The summed E-state index contributed by atoms with van der Waals surface area (Å²) >= 11 is 0. The molecule has 2 aliphatic rings. The third kappa shape index (κ3) is 8.64. The fourth-order valence-corrected chi connectivity index (χ4v) is 7.31. The van der Waals surface area contributed by atoms with E-state index in [0.717, 1.165) is 44.6 Å². The number of fused-ring (bicyclic) bond motifs is 2. The number of hydrogen-bond acceptors (Lipinski definition) is 10. The Morgan fingerprint density at radius 2 is 1.12 bits per heavy atom. The van der Waals surface area contributed by atoms with E-state index in [1.165, 1.54) is 51.4 Å². The van der Waals surface area contributed by atoms with Crippen LogP contribution < -0.4 is 0 Å². The highest BCUT2D eigenvalue weighted by atomic mass is 32.3. The summed E-state index contributed by atoms with van der Waals surface area (Å²) in [5, 5.41) is 29.4. The van der Waals surface area contributed by atoms with E-state index in [1.54, 1.807) is 12.7 Å². The van der Waals surface area contributed by atoms with Gasteiger partial charge in [-0.15, -0.1) is 0 Å². The van der Waals surface area contributed by atoms with Crippen molar-refractivity contribution < 1.29 is 17.5 Å². The van der Waals surface area contributed by atoms with Crippen molar-refractivity contribution >= 4 is 32.5 Å². The maximum atomic E-state index is 9.18. The van der Waals surface area contributed by atoms with Gasteiger partial charge in [0.25, 0.3) is 0 Å². The van der Waals surface area contributed by atoms with Crippen molar-refractivity contribution in [1.82, 2.24) is 49.5 Å². The highest BCUT2D eigenvalue weighted by molar-refractivity contribution is 7.79. The minimum absolute atomic E-state index is 0.166. The molecule has 0 aromatic carbocycles. The molecule has 16 nitrogen and oxygen atoms in total. The zero-order valence-electron chi connectivity index (χ0n) is 27.7. The van der Waals surface area contributed by atoms with Crippen LogP contribution in [0.15, 0.2) is 62.0 Å². The average molecular weight is 711 g/mol. The van der Waals surface area contributed by atoms with E-state index < -0.39 is 10.4 Å². The van der Waals surface area contributed by atoms with Crippen molar-refractivity contribution in [2.24, 2.45) is 11.8 Å². The quantitative estimate of drug-likeness (QED) is 0.128. The molecule has 8 rings (SSSR count). The Morgan fingerprint density at radius 1 is 0.725 bits per heavy atom. The van der Waals surface area contributed by atoms with Crippen LogP contribution >= 0.6 is 0 Å². The smallest absolute Gasteiger partial charge is 0.346 e. The summed E-state index contributed by atoms with van der Waals surface area (Å²) in [4.78, 5) is 23.5. The summed E-state index contributed by atoms with van der Waals surface area (Å²) in [6.45, 7) is 0. The van der Waals surface area contributed by atoms with Crippen molar-refractivity contribution in [3.8, 4) is 34.7 Å². The van der Waals surface area contributed by atoms with Crippen LogP contribution in [-0.2, 0) is 10.4 Å². The molecule has 0 saturated heterocycles. The van der Waals surface area contributed by atoms with Gasteiger partial charge in [0.1, 0.15) is 23.9 Å². The number of rotatable bonds is 8. The summed E-state index contributed by atoms with van der Waals surface area (Å²) in [5.74, 6) is 1.11. The van der Waals surface area contributed by atoms with Crippen molar-refractivity contribution in [3.63, 3.8) is 0 Å². The number of nitrogens with one attached hydrogen (secondary N) is 2. The average Bonchev–Trinajstić information content (AvgIpc) is 3.96. The lowest BCUT2D eigenvalue weighted by molar-refractivity contribution is 0.315. The highest BCUT2D eigenvalue weighted by Gasteiger charge is 2.28. The van der Waals surface area contributed by atoms with Gasteiger partial charge in [-0.25, -0.2) is 19.9 Å². The standard InChI is InChI=1S/2C17H18N6.H2O4S/c2*18-7-5-15(12-3-1-2-4-12)23-10-13(9-22-23)16-14-6-8-19-17(14)21-11-20-16;1-5(2,3)4/h2*6,8-12,15H,1-5H2,(H,19,20,21);(H2,1,2,3,4)/t2*15-;/m11./s1. The number of aromatic nitrogens is 10. The molecule has 2 saturated carbocycles. The van der Waals surface area contributed by atoms with E-state index in [-0.39, 0.29) is 12.1 Å². The molecule has 6 aromatic rings. The van der Waals surface area contributed by atoms with E-state index >= 15 is 0 Å². The second-order valence-electron chi connectivity index (χ2n) is 12.7. The van der Waals surface area contributed by atoms with Crippen molar-refractivity contribution in [2.45, 2.75) is 76.3 Å². The molecule has 2 fully saturated rings. The second-order valence-corrected chi connectivity index (χ2v) is 13.6. The molecule has 17 heteroatoms. The second kappa shape index (κ2) is 16.0. The van der Waals surface area contributed by atoms with Gasteiger partial charge in [0.2, 0.25) is 0 Å². The number of aromatic amines is 2. The molecular weight excluding hydrogens is 673 g/mol. The van der Waals surface area contributed by atoms with Gasteiger partial charge in [0.05, 0.1) is 60.8 Å². The SMILES string of the molecule is N#CC[C@H](C1CCCC1)n1cc(-c2ncnc3[nH]ccc23)cn1.N#CC[C@H](C1CCCC1)n1cc(-c2ncnc3[nH]ccc23)cn1.O=S(=O)(O)O. The van der Waals surface area contributed by atoms with E-state index in [9.17, 15) is 10.5 Å². The molecule has 51 heavy (non-hydrogen) atoms. The molecule has 4 N–H and O–H groups in total. The summed E-state index contributed by atoms with van der Waals surface area (Å²) in [6.07, 6.45) is 25.4. The van der Waals surface area contributed by atoms with Crippen LogP contribution in [0.2, 0.25) is 0 Å². The van der Waals surface area contributed by atoms with Crippen molar-refractivity contribution in [1.29, 1.82) is 10.5 Å². The molecular formula is C34H38N12O4S. The lowest BCUT2D eigenvalue weighted by Gasteiger charge is -2.21. The van der Waals surface area contributed by atoms with Crippen LogP contribution in [-0.4, -0.2) is 67.0 Å². The van der Waals surface area contributed by atoms with Gasteiger partial charge >= 0.3 is 10.4 Å². The predicted molar refractivity (Wildman–Crippen MR) is 187 cm³/mol. The molecule has 0 unspecified atom stereocenters. The summed E-state index contributed by atoms with van der Waals surface area (Å²) in [5.41, 5.74) is 5.35. The summed E-state index contributed by atoms with van der Waals surface area (Å²) in [7, 11) is -4.67. The summed E-state index contributed by atoms with van der Waals surface area (Å²) < 4.78 is 35.5. The number of hydrogen-bond donors (Lipinski definition) is 4. The zero-order chi connectivity index (χ0) is 35.8. The van der Waals surface area contributed by atoms with Crippen LogP contribution in [0.25, 0.3) is 44.6 Å². The molecule has 0 amide bonds. The molecule has 0 radical (unpaired) electrons. The lowest BCUT2D eigenvalue weighted by atomic mass is 9.96. The Morgan fingerprint density at radius 3 is 1.49 bits per heavy atom. The molecule has 0 aliphatic heterocycles. The molecule has 0 spiro atoms. The molecule has 264 valence electrons. The van der Waals surface area contributed by atoms with Gasteiger partial charge in [0.15, 0.2) is 0 Å². The van der Waals surface area contributed by atoms with E-state index in [1.807, 2.05) is 58.7 Å². The minimum Gasteiger partial charge on any atom is -0.346 e. The molecule has 2 atom stereocenters. The van der Waals surface area contributed by atoms with Crippen LogP contribution in [0, 0.1) is 34.5 Å². The lowest BCUT2D eigenvalue weighted by Crippen LogP contribution is -2.17. The Kier molecular flexibility index (Phi) is 11.1. The third-order valence-corrected chi connectivity index (χ3v) is 9.63. The van der Waals surface area contributed by atoms with E-state index in [4.69, 9.17) is 17.5 Å². The monoisotopic (exact) mass is 710 g/mol. The zero-order valence-corrected chi connectivity index (χ0v) is 28.6. The first-order valence-corrected chi connectivity index (χ1v) is 18.2. The fraction of sp³-hybridized carbons (Fsp3) is 0.412. The maximum Gasteiger partial charge on any atom is 0.394 e. The van der Waals surface area contributed by atoms with Crippen LogP contribution in [0.4, 0.5) is 0 Å². The van der Waals surface area contributed by atoms with E-state index in [0.29, 0.717) is 24.7 Å². The largest absolute Gasteiger partial charge is 0.394 e. The normalized spacial score (nSPS) is 16.2. The molecule has 2 aliphatic carbocycles. The first-order chi connectivity index (χ1) is 24.7. The van der Waals surface area contributed by atoms with Gasteiger partial charge in [0, 0.05) is 46.7 Å². The van der Waals surface area contributed by atoms with Gasteiger partial charge in [-0.3, -0.25) is 18.5 Å². The van der Waals surface area contributed by atoms with Crippen molar-refractivity contribution in [3.05, 3.63) is 62.0 Å². The van der Waals surface area contributed by atoms with Crippen LogP contribution in [0.3, 0.4) is 0 Å². The summed E-state index contributed by atoms with van der Waals surface area (Å²) in [6, 6.07) is 8.94. The Bertz CT molecular complexity index is 2100. The fourth-order valence-electron chi connectivity index (χ4n) is 7.31. The maximum absolute atomic E-state index is 9.18. The minimum atomic E-state index is -4.67.